The Morgan fingerprint density at radius 1 is 1.12 bits per heavy atom. The summed E-state index contributed by atoms with van der Waals surface area (Å²) < 4.78 is 5.61. The average molecular weight is 224 g/mol. The summed E-state index contributed by atoms with van der Waals surface area (Å²) in [7, 11) is 0. The van der Waals surface area contributed by atoms with Crippen molar-refractivity contribution in [2.45, 2.75) is 6.54 Å². The lowest BCUT2D eigenvalue weighted by Crippen LogP contribution is -1.92. The minimum absolute atomic E-state index is 0.422. The first-order valence-electron chi connectivity index (χ1n) is 5.51. The highest BCUT2D eigenvalue weighted by atomic mass is 16.3. The van der Waals surface area contributed by atoms with Gasteiger partial charge in [-0.2, -0.15) is 0 Å². The van der Waals surface area contributed by atoms with E-state index in [1.165, 1.54) is 0 Å². The first-order valence-corrected chi connectivity index (χ1v) is 5.51. The van der Waals surface area contributed by atoms with Crippen molar-refractivity contribution >= 4 is 10.9 Å². The molecule has 2 N–H and O–H groups in total. The Labute approximate surface area is 98.9 Å². The number of pyridine rings is 1. The molecule has 0 saturated carbocycles. The molecule has 0 aliphatic rings. The van der Waals surface area contributed by atoms with Gasteiger partial charge in [-0.1, -0.05) is 18.2 Å². The molecule has 0 amide bonds. The molecule has 84 valence electrons. The number of nitrogens with two attached hydrogens (primary N) is 1. The van der Waals surface area contributed by atoms with Gasteiger partial charge >= 0.3 is 0 Å². The van der Waals surface area contributed by atoms with Crippen LogP contribution in [0.4, 0.5) is 0 Å². The van der Waals surface area contributed by atoms with Gasteiger partial charge in [-0.15, -0.1) is 0 Å². The zero-order valence-electron chi connectivity index (χ0n) is 9.26. The standard InChI is InChI=1S/C14H12N2O/c15-9-12-5-6-14(17-12)11-4-3-10-2-1-7-16-13(10)8-11/h1-8H,9,15H2. The number of furan rings is 1. The van der Waals surface area contributed by atoms with Crippen molar-refractivity contribution in [3.63, 3.8) is 0 Å². The summed E-state index contributed by atoms with van der Waals surface area (Å²) in [6.07, 6.45) is 1.79. The first-order chi connectivity index (χ1) is 8.36. The highest BCUT2D eigenvalue weighted by Gasteiger charge is 2.04. The van der Waals surface area contributed by atoms with Crippen molar-refractivity contribution < 1.29 is 4.42 Å². The highest BCUT2D eigenvalue weighted by Crippen LogP contribution is 2.25. The molecule has 2 heterocycles. The van der Waals surface area contributed by atoms with Crippen LogP contribution in [0.2, 0.25) is 0 Å². The number of fused-ring (bicyclic) bond motifs is 1. The maximum Gasteiger partial charge on any atom is 0.134 e. The number of benzene rings is 1. The number of rotatable bonds is 2. The smallest absolute Gasteiger partial charge is 0.134 e. The number of aromatic nitrogens is 1. The van der Waals surface area contributed by atoms with Gasteiger partial charge in [0.05, 0.1) is 12.1 Å². The molecule has 17 heavy (non-hydrogen) atoms. The van der Waals surface area contributed by atoms with E-state index >= 15 is 0 Å². The quantitative estimate of drug-likeness (QED) is 0.728. The molecule has 0 aliphatic carbocycles. The molecule has 0 spiro atoms. The van der Waals surface area contributed by atoms with Gasteiger partial charge in [-0.25, -0.2) is 0 Å². The zero-order valence-corrected chi connectivity index (χ0v) is 9.26. The van der Waals surface area contributed by atoms with Crippen molar-refractivity contribution in [1.82, 2.24) is 4.98 Å². The van der Waals surface area contributed by atoms with E-state index < -0.39 is 0 Å². The second-order valence-electron chi connectivity index (χ2n) is 3.88. The van der Waals surface area contributed by atoms with E-state index in [9.17, 15) is 0 Å². The molecule has 0 saturated heterocycles. The summed E-state index contributed by atoms with van der Waals surface area (Å²) in [6, 6.07) is 13.9. The second-order valence-corrected chi connectivity index (χ2v) is 3.88. The van der Waals surface area contributed by atoms with Gasteiger partial charge in [0, 0.05) is 17.1 Å². The van der Waals surface area contributed by atoms with Gasteiger partial charge in [0.25, 0.3) is 0 Å². The maximum absolute atomic E-state index is 5.61. The largest absolute Gasteiger partial charge is 0.460 e. The summed E-state index contributed by atoms with van der Waals surface area (Å²) >= 11 is 0. The first kappa shape index (κ1) is 10.1. The molecule has 0 aliphatic heterocycles. The summed E-state index contributed by atoms with van der Waals surface area (Å²) in [4.78, 5) is 4.33. The molecule has 2 aromatic heterocycles. The monoisotopic (exact) mass is 224 g/mol. The van der Waals surface area contributed by atoms with Crippen LogP contribution >= 0.6 is 0 Å². The predicted octanol–water partition coefficient (Wildman–Crippen LogP) is 2.95. The molecule has 3 aromatic rings. The van der Waals surface area contributed by atoms with Crippen molar-refractivity contribution in [2.24, 2.45) is 5.73 Å². The fourth-order valence-electron chi connectivity index (χ4n) is 1.86. The lowest BCUT2D eigenvalue weighted by Gasteiger charge is -2.00. The van der Waals surface area contributed by atoms with Gasteiger partial charge < -0.3 is 10.2 Å². The fourth-order valence-corrected chi connectivity index (χ4v) is 1.86. The Balaban J connectivity index is 2.11. The van der Waals surface area contributed by atoms with Crippen molar-refractivity contribution in [3.8, 4) is 11.3 Å². The Morgan fingerprint density at radius 2 is 2.06 bits per heavy atom. The molecule has 1 aromatic carbocycles. The Bertz CT molecular complexity index is 658. The molecule has 3 heteroatoms. The lowest BCUT2D eigenvalue weighted by atomic mass is 10.1. The van der Waals surface area contributed by atoms with E-state index in [1.54, 1.807) is 6.20 Å². The molecule has 0 radical (unpaired) electrons. The molecular weight excluding hydrogens is 212 g/mol. The Morgan fingerprint density at radius 3 is 2.88 bits per heavy atom. The summed E-state index contributed by atoms with van der Waals surface area (Å²) in [5.41, 5.74) is 7.52. The van der Waals surface area contributed by atoms with Gasteiger partial charge in [-0.05, 0) is 24.3 Å². The van der Waals surface area contributed by atoms with Gasteiger partial charge in [0.15, 0.2) is 0 Å². The van der Waals surface area contributed by atoms with Gasteiger partial charge in [-0.3, -0.25) is 4.98 Å². The van der Waals surface area contributed by atoms with Crippen molar-refractivity contribution in [1.29, 1.82) is 0 Å². The van der Waals surface area contributed by atoms with E-state index in [4.69, 9.17) is 10.2 Å². The van der Waals surface area contributed by atoms with Crippen LogP contribution in [-0.4, -0.2) is 4.98 Å². The molecule has 3 nitrogen and oxygen atoms in total. The summed E-state index contributed by atoms with van der Waals surface area (Å²) in [6.45, 7) is 0.422. The minimum Gasteiger partial charge on any atom is -0.460 e. The highest BCUT2D eigenvalue weighted by molar-refractivity contribution is 5.83. The zero-order chi connectivity index (χ0) is 11.7. The number of nitrogens with zero attached hydrogens (tertiary/aromatic N) is 1. The molecule has 3 rings (SSSR count). The van der Waals surface area contributed by atoms with Crippen LogP contribution in [0.3, 0.4) is 0 Å². The third-order valence-electron chi connectivity index (χ3n) is 2.75. The minimum atomic E-state index is 0.422. The van der Waals surface area contributed by atoms with Crippen LogP contribution in [0, 0.1) is 0 Å². The second kappa shape index (κ2) is 4.03. The van der Waals surface area contributed by atoms with Gasteiger partial charge in [0.1, 0.15) is 11.5 Å². The van der Waals surface area contributed by atoms with Crippen LogP contribution in [0.1, 0.15) is 5.76 Å². The third kappa shape index (κ3) is 1.81. The van der Waals surface area contributed by atoms with E-state index in [-0.39, 0.29) is 0 Å². The average Bonchev–Trinajstić information content (AvgIpc) is 2.87. The lowest BCUT2D eigenvalue weighted by molar-refractivity contribution is 0.525. The van der Waals surface area contributed by atoms with Crippen LogP contribution in [0.25, 0.3) is 22.2 Å². The summed E-state index contributed by atoms with van der Waals surface area (Å²) in [5.74, 6) is 1.62. The normalized spacial score (nSPS) is 10.9. The van der Waals surface area contributed by atoms with Crippen LogP contribution < -0.4 is 5.73 Å². The molecule has 0 atom stereocenters. The van der Waals surface area contributed by atoms with E-state index in [1.807, 2.05) is 42.5 Å². The van der Waals surface area contributed by atoms with Crippen molar-refractivity contribution in [2.75, 3.05) is 0 Å². The Kier molecular flexibility index (Phi) is 2.38. The summed E-state index contributed by atoms with van der Waals surface area (Å²) in [5, 5.41) is 1.13. The molecule has 0 unspecified atom stereocenters. The van der Waals surface area contributed by atoms with Gasteiger partial charge in [0.2, 0.25) is 0 Å². The van der Waals surface area contributed by atoms with E-state index in [0.29, 0.717) is 6.54 Å². The number of hydrogen-bond acceptors (Lipinski definition) is 3. The molecule has 0 fully saturated rings. The van der Waals surface area contributed by atoms with E-state index in [2.05, 4.69) is 4.98 Å². The van der Waals surface area contributed by atoms with Crippen LogP contribution in [-0.2, 0) is 6.54 Å². The Hall–Kier alpha value is -2.13. The maximum atomic E-state index is 5.61. The third-order valence-corrected chi connectivity index (χ3v) is 2.75. The predicted molar refractivity (Wildman–Crippen MR) is 67.3 cm³/mol. The van der Waals surface area contributed by atoms with Crippen LogP contribution in [0.15, 0.2) is 53.1 Å². The molecular formula is C14H12N2O. The number of hydrogen-bond donors (Lipinski definition) is 1. The van der Waals surface area contributed by atoms with Crippen molar-refractivity contribution in [3.05, 3.63) is 54.4 Å². The fraction of sp³-hybridized carbons (Fsp3) is 0.0714. The SMILES string of the molecule is NCc1ccc(-c2ccc3cccnc3c2)o1. The van der Waals surface area contributed by atoms with Crippen LogP contribution in [0.5, 0.6) is 0 Å². The van der Waals surface area contributed by atoms with E-state index in [0.717, 1.165) is 28.0 Å². The molecule has 0 bridgehead atoms. The topological polar surface area (TPSA) is 52.0 Å².